The number of ether oxygens (including phenoxy) is 3. The molecule has 2 aromatic carbocycles. The molecule has 0 aromatic heterocycles. The number of carbonyl (C=O) groups is 2. The number of amides is 1. The zero-order valence-electron chi connectivity index (χ0n) is 14.8. The maximum Gasteiger partial charge on any atom is 0.330 e. The molecule has 0 fully saturated rings. The van der Waals surface area contributed by atoms with Crippen LogP contribution in [0.1, 0.15) is 17.2 Å². The topological polar surface area (TPSA) is 94.1 Å². The molecule has 26 heavy (non-hydrogen) atoms. The summed E-state index contributed by atoms with van der Waals surface area (Å²) in [6.45, 7) is 0. The number of hydrogen-bond donors (Lipinski definition) is 2. The van der Waals surface area contributed by atoms with Crippen molar-refractivity contribution in [3.8, 4) is 17.2 Å². The van der Waals surface area contributed by atoms with Gasteiger partial charge in [-0.2, -0.15) is 0 Å². The molecule has 7 heteroatoms. The van der Waals surface area contributed by atoms with Gasteiger partial charge in [-0.3, -0.25) is 4.79 Å². The molecule has 1 unspecified atom stereocenters. The Morgan fingerprint density at radius 2 is 1.62 bits per heavy atom. The minimum atomic E-state index is -1.14. The first-order chi connectivity index (χ1) is 12.5. The zero-order chi connectivity index (χ0) is 19.1. The molecule has 1 atom stereocenters. The second-order valence-electron chi connectivity index (χ2n) is 5.48. The molecule has 2 aromatic rings. The maximum absolute atomic E-state index is 12.3. The van der Waals surface area contributed by atoms with E-state index in [1.54, 1.807) is 42.5 Å². The number of nitrogens with one attached hydrogen (secondary N) is 1. The van der Waals surface area contributed by atoms with E-state index >= 15 is 0 Å². The smallest absolute Gasteiger partial charge is 0.330 e. The molecule has 0 saturated carbocycles. The van der Waals surface area contributed by atoms with Crippen LogP contribution in [0.15, 0.2) is 42.5 Å². The van der Waals surface area contributed by atoms with Gasteiger partial charge in [-0.25, -0.2) is 4.79 Å². The molecular formula is C19H21NO6. The second kappa shape index (κ2) is 8.75. The largest absolute Gasteiger partial charge is 0.497 e. The van der Waals surface area contributed by atoms with Crippen molar-refractivity contribution in [2.75, 3.05) is 21.3 Å². The summed E-state index contributed by atoms with van der Waals surface area (Å²) in [5, 5.41) is 12.0. The number of carbonyl (C=O) groups excluding carboxylic acids is 1. The lowest BCUT2D eigenvalue weighted by molar-refractivity contribution is -0.141. The van der Waals surface area contributed by atoms with Gasteiger partial charge in [0, 0.05) is 0 Å². The van der Waals surface area contributed by atoms with E-state index in [9.17, 15) is 14.7 Å². The Hall–Kier alpha value is -3.22. The van der Waals surface area contributed by atoms with Crippen LogP contribution in [0.4, 0.5) is 0 Å². The maximum atomic E-state index is 12.3. The number of benzene rings is 2. The average Bonchev–Trinajstić information content (AvgIpc) is 2.65. The van der Waals surface area contributed by atoms with Crippen molar-refractivity contribution < 1.29 is 28.9 Å². The van der Waals surface area contributed by atoms with E-state index in [1.807, 2.05) is 0 Å². The Bertz CT molecular complexity index is 772. The van der Waals surface area contributed by atoms with E-state index in [0.29, 0.717) is 28.4 Å². The molecule has 0 aliphatic rings. The third kappa shape index (κ3) is 4.66. The summed E-state index contributed by atoms with van der Waals surface area (Å²) in [7, 11) is 4.55. The molecule has 1 amide bonds. The van der Waals surface area contributed by atoms with Gasteiger partial charge in [0.15, 0.2) is 17.5 Å². The SMILES string of the molecule is COc1ccc(C(NC(=O)Cc2ccc(OC)c(OC)c2)C(=O)O)cc1. The lowest BCUT2D eigenvalue weighted by Crippen LogP contribution is -2.34. The minimum absolute atomic E-state index is 0.0142. The third-order valence-corrected chi connectivity index (χ3v) is 3.81. The molecule has 0 spiro atoms. The van der Waals surface area contributed by atoms with Crippen molar-refractivity contribution in [2.24, 2.45) is 0 Å². The first-order valence-electron chi connectivity index (χ1n) is 7.85. The average molecular weight is 359 g/mol. The monoisotopic (exact) mass is 359 g/mol. The molecule has 0 aliphatic heterocycles. The van der Waals surface area contributed by atoms with Crippen LogP contribution >= 0.6 is 0 Å². The Morgan fingerprint density at radius 3 is 2.15 bits per heavy atom. The summed E-state index contributed by atoms with van der Waals surface area (Å²) in [4.78, 5) is 23.9. The fourth-order valence-electron chi connectivity index (χ4n) is 2.47. The van der Waals surface area contributed by atoms with Crippen molar-refractivity contribution in [2.45, 2.75) is 12.5 Å². The number of carboxylic acid groups (broad SMARTS) is 1. The molecule has 2 N–H and O–H groups in total. The van der Waals surface area contributed by atoms with E-state index in [2.05, 4.69) is 5.32 Å². The van der Waals surface area contributed by atoms with Crippen LogP contribution in [0.25, 0.3) is 0 Å². The van der Waals surface area contributed by atoms with Crippen LogP contribution in [0.5, 0.6) is 17.2 Å². The van der Waals surface area contributed by atoms with Crippen molar-refractivity contribution in [3.05, 3.63) is 53.6 Å². The van der Waals surface area contributed by atoms with Crippen molar-refractivity contribution in [1.82, 2.24) is 5.32 Å². The summed E-state index contributed by atoms with van der Waals surface area (Å²) < 4.78 is 15.4. The molecule has 0 radical (unpaired) electrons. The van der Waals surface area contributed by atoms with Gasteiger partial charge in [-0.05, 0) is 35.4 Å². The van der Waals surface area contributed by atoms with Crippen LogP contribution in [-0.2, 0) is 16.0 Å². The normalized spacial score (nSPS) is 11.3. The third-order valence-electron chi connectivity index (χ3n) is 3.81. The molecule has 0 bridgehead atoms. The second-order valence-corrected chi connectivity index (χ2v) is 5.48. The van der Waals surface area contributed by atoms with E-state index in [4.69, 9.17) is 14.2 Å². The number of methoxy groups -OCH3 is 3. The Morgan fingerprint density at radius 1 is 0.962 bits per heavy atom. The highest BCUT2D eigenvalue weighted by molar-refractivity contribution is 5.85. The summed E-state index contributed by atoms with van der Waals surface area (Å²) in [5.74, 6) is 0.104. The Kier molecular flexibility index (Phi) is 6.43. The molecule has 0 heterocycles. The molecule has 0 saturated heterocycles. The highest BCUT2D eigenvalue weighted by Crippen LogP contribution is 2.27. The predicted molar refractivity (Wildman–Crippen MR) is 94.8 cm³/mol. The summed E-state index contributed by atoms with van der Waals surface area (Å²) in [6.07, 6.45) is 0.0142. The molecule has 2 rings (SSSR count). The van der Waals surface area contributed by atoms with Gasteiger partial charge in [-0.15, -0.1) is 0 Å². The molecule has 0 aliphatic carbocycles. The number of carboxylic acids is 1. The number of hydrogen-bond acceptors (Lipinski definition) is 5. The predicted octanol–water partition coefficient (Wildman–Crippen LogP) is 2.20. The van der Waals surface area contributed by atoms with Crippen LogP contribution < -0.4 is 19.5 Å². The zero-order valence-corrected chi connectivity index (χ0v) is 14.8. The van der Waals surface area contributed by atoms with Crippen LogP contribution in [0.2, 0.25) is 0 Å². The fourth-order valence-corrected chi connectivity index (χ4v) is 2.47. The van der Waals surface area contributed by atoms with E-state index < -0.39 is 17.9 Å². The van der Waals surface area contributed by atoms with E-state index in [-0.39, 0.29) is 6.42 Å². The summed E-state index contributed by atoms with van der Waals surface area (Å²) >= 11 is 0. The van der Waals surface area contributed by atoms with Gasteiger partial charge < -0.3 is 24.6 Å². The lowest BCUT2D eigenvalue weighted by Gasteiger charge is -2.16. The van der Waals surface area contributed by atoms with E-state index in [1.165, 1.54) is 21.3 Å². The highest BCUT2D eigenvalue weighted by Gasteiger charge is 2.22. The first kappa shape index (κ1) is 19.1. The van der Waals surface area contributed by atoms with Gasteiger partial charge in [-0.1, -0.05) is 18.2 Å². The number of rotatable bonds is 8. The van der Waals surface area contributed by atoms with Gasteiger partial charge >= 0.3 is 5.97 Å². The van der Waals surface area contributed by atoms with Crippen molar-refractivity contribution in [3.63, 3.8) is 0 Å². The van der Waals surface area contributed by atoms with Crippen LogP contribution in [-0.4, -0.2) is 38.3 Å². The standard InChI is InChI=1S/C19H21NO6/c1-24-14-7-5-13(6-8-14)18(19(22)23)20-17(21)11-12-4-9-15(25-2)16(10-12)26-3/h4-10,18H,11H2,1-3H3,(H,20,21)(H,22,23). The lowest BCUT2D eigenvalue weighted by atomic mass is 10.1. The van der Waals surface area contributed by atoms with E-state index in [0.717, 1.165) is 0 Å². The fraction of sp³-hybridized carbons (Fsp3) is 0.263. The Balaban J connectivity index is 2.11. The van der Waals surface area contributed by atoms with Gasteiger partial charge in [0.25, 0.3) is 0 Å². The summed E-state index contributed by atoms with van der Waals surface area (Å²) in [5.41, 5.74) is 1.14. The van der Waals surface area contributed by atoms with Crippen molar-refractivity contribution in [1.29, 1.82) is 0 Å². The minimum Gasteiger partial charge on any atom is -0.497 e. The Labute approximate surface area is 151 Å². The molecule has 7 nitrogen and oxygen atoms in total. The van der Waals surface area contributed by atoms with Crippen LogP contribution in [0, 0.1) is 0 Å². The van der Waals surface area contributed by atoms with Gasteiger partial charge in [0.1, 0.15) is 5.75 Å². The number of aliphatic carboxylic acids is 1. The van der Waals surface area contributed by atoms with Crippen molar-refractivity contribution >= 4 is 11.9 Å². The summed E-state index contributed by atoms with van der Waals surface area (Å²) in [6, 6.07) is 10.5. The highest BCUT2D eigenvalue weighted by atomic mass is 16.5. The molecule has 138 valence electrons. The molecular weight excluding hydrogens is 338 g/mol. The van der Waals surface area contributed by atoms with Crippen LogP contribution in [0.3, 0.4) is 0 Å². The quantitative estimate of drug-likeness (QED) is 0.750. The van der Waals surface area contributed by atoms with Gasteiger partial charge in [0.05, 0.1) is 27.8 Å². The first-order valence-corrected chi connectivity index (χ1v) is 7.85. The van der Waals surface area contributed by atoms with Gasteiger partial charge in [0.2, 0.25) is 5.91 Å².